The van der Waals surface area contributed by atoms with Crippen molar-refractivity contribution < 1.29 is 42.6 Å². The van der Waals surface area contributed by atoms with Crippen molar-refractivity contribution in [2.24, 2.45) is 0 Å². The first-order valence-corrected chi connectivity index (χ1v) is 11.0. The van der Waals surface area contributed by atoms with Gasteiger partial charge in [-0.1, -0.05) is 18.2 Å². The smallest absolute Gasteiger partial charge is 0.456 e. The lowest BCUT2D eigenvalue weighted by atomic mass is 10.1. The fourth-order valence-corrected chi connectivity index (χ4v) is 3.71. The first-order valence-electron chi connectivity index (χ1n) is 9.83. The Morgan fingerprint density at radius 1 is 1.03 bits per heavy atom. The van der Waals surface area contributed by atoms with Gasteiger partial charge >= 0.3 is 25.9 Å². The van der Waals surface area contributed by atoms with E-state index < -0.39 is 68.5 Å². The molecule has 0 radical (unpaired) electrons. The molecular weight excluding hydrogens is 475 g/mol. The Morgan fingerprint density at radius 3 is 2.24 bits per heavy atom. The van der Waals surface area contributed by atoms with Gasteiger partial charge in [0.25, 0.3) is 11.5 Å². The summed E-state index contributed by atoms with van der Waals surface area (Å²) in [5, 5.41) is 0. The van der Waals surface area contributed by atoms with Crippen LogP contribution in [0.5, 0.6) is 0 Å². The molecule has 1 N–H and O–H groups in total. The zero-order valence-electron chi connectivity index (χ0n) is 17.9. The zero-order chi connectivity index (χ0) is 25.0. The van der Waals surface area contributed by atoms with Gasteiger partial charge in [0.05, 0.1) is 0 Å². The van der Waals surface area contributed by atoms with Gasteiger partial charge in [-0.3, -0.25) is 23.7 Å². The number of carbonyl (C=O) groups is 3. The number of aromatic nitrogens is 2. The lowest BCUT2D eigenvalue weighted by Crippen LogP contribution is -2.47. The van der Waals surface area contributed by atoms with E-state index in [1.807, 2.05) is 0 Å². The van der Waals surface area contributed by atoms with Gasteiger partial charge in [0.1, 0.15) is 12.7 Å². The lowest BCUT2D eigenvalue weighted by Gasteiger charge is -2.24. The highest BCUT2D eigenvalue weighted by Crippen LogP contribution is 2.34. The van der Waals surface area contributed by atoms with E-state index in [1.54, 1.807) is 18.2 Å². The fourth-order valence-electron chi connectivity index (χ4n) is 3.44. The molecule has 1 aromatic heterocycles. The molecule has 1 aromatic carbocycles. The number of benzene rings is 1. The van der Waals surface area contributed by atoms with Crippen molar-refractivity contribution in [1.29, 1.82) is 0 Å². The van der Waals surface area contributed by atoms with Crippen molar-refractivity contribution in [3.8, 4) is 0 Å². The molecule has 3 rings (SSSR count). The van der Waals surface area contributed by atoms with E-state index >= 15 is 0 Å². The third kappa shape index (κ3) is 5.51. The van der Waals surface area contributed by atoms with Crippen LogP contribution in [0.15, 0.2) is 52.2 Å². The number of rotatable bonds is 7. The zero-order valence-corrected chi connectivity index (χ0v) is 18.8. The molecule has 0 aliphatic carbocycles. The van der Waals surface area contributed by atoms with E-state index in [0.29, 0.717) is 4.57 Å². The van der Waals surface area contributed by atoms with E-state index in [4.69, 9.17) is 19.1 Å². The highest BCUT2D eigenvalue weighted by molar-refractivity contribution is 7.32. The second-order valence-corrected chi connectivity index (χ2v) is 7.83. The maximum atomic E-state index is 13.2. The molecule has 34 heavy (non-hydrogen) atoms. The minimum atomic E-state index is -3.04. The molecule has 1 aliphatic heterocycles. The summed E-state index contributed by atoms with van der Waals surface area (Å²) in [6, 6.07) is 8.52. The van der Waals surface area contributed by atoms with E-state index in [9.17, 15) is 28.5 Å². The second-order valence-electron chi connectivity index (χ2n) is 7.10. The Balaban J connectivity index is 2.08. The normalized spacial score (nSPS) is 22.1. The number of esters is 2. The molecule has 14 heteroatoms. The van der Waals surface area contributed by atoms with E-state index in [1.165, 1.54) is 12.1 Å². The minimum absolute atomic E-state index is 0.0686. The summed E-state index contributed by atoms with van der Waals surface area (Å²) in [5.41, 5.74) is -1.95. The third-order valence-electron chi connectivity index (χ3n) is 4.75. The van der Waals surface area contributed by atoms with Crippen LogP contribution >= 0.6 is 8.25 Å². The van der Waals surface area contributed by atoms with Crippen LogP contribution in [0.4, 0.5) is 0 Å². The summed E-state index contributed by atoms with van der Waals surface area (Å²) < 4.78 is 33.0. The highest BCUT2D eigenvalue weighted by atomic mass is 31.1. The van der Waals surface area contributed by atoms with Gasteiger partial charge in [0, 0.05) is 36.2 Å². The molecule has 1 aliphatic rings. The Labute approximate surface area is 192 Å². The van der Waals surface area contributed by atoms with E-state index in [0.717, 1.165) is 30.7 Å². The Hall–Kier alpha value is -3.51. The van der Waals surface area contributed by atoms with Gasteiger partial charge in [-0.2, -0.15) is 4.57 Å². The number of carbonyl (C=O) groups excluding carboxylic acids is 3. The molecule has 13 nitrogen and oxygen atoms in total. The monoisotopic (exact) mass is 495 g/mol. The summed E-state index contributed by atoms with van der Waals surface area (Å²) in [5.74, 6) is -2.51. The molecule has 1 fully saturated rings. The molecule has 0 bridgehead atoms. The average molecular weight is 495 g/mol. The Bertz CT molecular complexity index is 1220. The van der Waals surface area contributed by atoms with Gasteiger partial charge in [-0.05, 0) is 12.1 Å². The molecule has 0 saturated carbocycles. The SMILES string of the molecule is CC(=O)O[C@@H]1[C@H](OC(C)=O)[C@@H](CO[P+](=O)O)O[C@H]1n1ccc(=O)n(C(=O)c2ccccc2)c1=O. The summed E-state index contributed by atoms with van der Waals surface area (Å²) in [4.78, 5) is 70.8. The number of ether oxygens (including phenoxy) is 3. The van der Waals surface area contributed by atoms with Crippen LogP contribution in [0.2, 0.25) is 0 Å². The molecule has 1 unspecified atom stereocenters. The quantitative estimate of drug-likeness (QED) is 0.409. The standard InChI is InChI=1S/C20H19N2O11P/c1-11(23)31-16-14(10-30-34(28)29)33-19(17(16)32-12(2)24)21-9-8-15(25)22(20(21)27)18(26)13-6-4-3-5-7-13/h3-9,14,16-17,19H,10H2,1-2H3/p+1/t14-,16-,17-,19-/m1/s1. The molecule has 0 amide bonds. The van der Waals surface area contributed by atoms with Crippen LogP contribution in [0.3, 0.4) is 0 Å². The summed E-state index contributed by atoms with van der Waals surface area (Å²) >= 11 is 0. The predicted molar refractivity (Wildman–Crippen MR) is 112 cm³/mol. The molecule has 1 saturated heterocycles. The number of hydrogen-bond donors (Lipinski definition) is 1. The van der Waals surface area contributed by atoms with Gasteiger partial charge in [-0.25, -0.2) is 4.79 Å². The Morgan fingerprint density at radius 2 is 1.65 bits per heavy atom. The summed E-state index contributed by atoms with van der Waals surface area (Å²) in [7, 11) is -3.04. The maximum absolute atomic E-state index is 13.2. The van der Waals surface area contributed by atoms with Crippen LogP contribution in [-0.2, 0) is 32.9 Å². The van der Waals surface area contributed by atoms with Crippen LogP contribution in [0, 0.1) is 0 Å². The van der Waals surface area contributed by atoms with Crippen molar-refractivity contribution in [1.82, 2.24) is 9.13 Å². The minimum Gasteiger partial charge on any atom is -0.456 e. The first kappa shape index (κ1) is 25.1. The van der Waals surface area contributed by atoms with Gasteiger partial charge in [0.2, 0.25) is 0 Å². The predicted octanol–water partition coefficient (Wildman–Crippen LogP) is 0.126. The summed E-state index contributed by atoms with van der Waals surface area (Å²) in [6.45, 7) is 1.59. The molecule has 2 aromatic rings. The van der Waals surface area contributed by atoms with Gasteiger partial charge in [0.15, 0.2) is 18.4 Å². The summed E-state index contributed by atoms with van der Waals surface area (Å²) in [6.07, 6.45) is -4.43. The van der Waals surface area contributed by atoms with E-state index in [-0.39, 0.29) is 5.56 Å². The second kappa shape index (κ2) is 10.6. The van der Waals surface area contributed by atoms with E-state index in [2.05, 4.69) is 4.52 Å². The Kier molecular flexibility index (Phi) is 7.84. The lowest BCUT2D eigenvalue weighted by molar-refractivity contribution is -0.165. The van der Waals surface area contributed by atoms with Crippen LogP contribution < -0.4 is 11.2 Å². The van der Waals surface area contributed by atoms with Gasteiger partial charge in [-0.15, -0.1) is 9.42 Å². The van der Waals surface area contributed by atoms with Crippen LogP contribution in [0.25, 0.3) is 0 Å². The largest absolute Gasteiger partial charge is 0.694 e. The maximum Gasteiger partial charge on any atom is 0.694 e. The van der Waals surface area contributed by atoms with Crippen molar-refractivity contribution in [3.63, 3.8) is 0 Å². The highest BCUT2D eigenvalue weighted by Gasteiger charge is 2.51. The van der Waals surface area contributed by atoms with Crippen molar-refractivity contribution >= 4 is 26.1 Å². The van der Waals surface area contributed by atoms with Crippen LogP contribution in [-0.4, -0.2) is 56.8 Å². The molecule has 5 atom stereocenters. The molecular formula is C20H20N2O11P+. The number of hydrogen-bond acceptors (Lipinski definition) is 10. The van der Waals surface area contributed by atoms with Crippen molar-refractivity contribution in [3.05, 3.63) is 69.0 Å². The number of nitrogens with zero attached hydrogens (tertiary/aromatic N) is 2. The van der Waals surface area contributed by atoms with Crippen LogP contribution in [0.1, 0.15) is 30.4 Å². The topological polar surface area (TPSA) is 169 Å². The average Bonchev–Trinajstić information content (AvgIpc) is 3.08. The molecule has 2 heterocycles. The molecule has 180 valence electrons. The van der Waals surface area contributed by atoms with Crippen molar-refractivity contribution in [2.45, 2.75) is 38.4 Å². The molecule has 0 spiro atoms. The first-order chi connectivity index (χ1) is 16.1. The van der Waals surface area contributed by atoms with Crippen molar-refractivity contribution in [2.75, 3.05) is 6.61 Å². The third-order valence-corrected chi connectivity index (χ3v) is 5.12. The fraction of sp³-hybridized carbons (Fsp3) is 0.350. The van der Waals surface area contributed by atoms with Gasteiger partial charge < -0.3 is 14.2 Å².